The highest BCUT2D eigenvalue weighted by Gasteiger charge is 2.36. The summed E-state index contributed by atoms with van der Waals surface area (Å²) < 4.78 is 16.0. The van der Waals surface area contributed by atoms with Crippen LogP contribution >= 0.6 is 0 Å². The van der Waals surface area contributed by atoms with Crippen LogP contribution in [0.15, 0.2) is 6.07 Å². The largest absolute Gasteiger partial charge is 0.496 e. The minimum atomic E-state index is -0.590. The van der Waals surface area contributed by atoms with E-state index in [1.807, 2.05) is 0 Å². The fourth-order valence-electron chi connectivity index (χ4n) is 2.65. The second-order valence-electron chi connectivity index (χ2n) is 4.33. The molecule has 0 fully saturated rings. The van der Waals surface area contributed by atoms with Crippen LogP contribution in [0.2, 0.25) is 0 Å². The Hall–Kier alpha value is -1.46. The first-order valence-corrected chi connectivity index (χ1v) is 5.88. The van der Waals surface area contributed by atoms with Gasteiger partial charge in [-0.1, -0.05) is 0 Å². The predicted octanol–water partition coefficient (Wildman–Crippen LogP) is 1.19. The van der Waals surface area contributed by atoms with Crippen molar-refractivity contribution in [3.63, 3.8) is 0 Å². The molecule has 0 radical (unpaired) electrons. The molecule has 2 rings (SSSR count). The van der Waals surface area contributed by atoms with E-state index in [-0.39, 0.29) is 5.92 Å². The molecule has 0 aliphatic heterocycles. The van der Waals surface area contributed by atoms with Crippen molar-refractivity contribution in [3.05, 3.63) is 17.2 Å². The zero-order chi connectivity index (χ0) is 13.3. The van der Waals surface area contributed by atoms with Gasteiger partial charge in [0.1, 0.15) is 5.75 Å². The van der Waals surface area contributed by atoms with E-state index in [4.69, 9.17) is 19.9 Å². The number of ether oxygens (including phenoxy) is 3. The second kappa shape index (κ2) is 5.04. The van der Waals surface area contributed by atoms with Crippen LogP contribution < -0.4 is 19.9 Å². The van der Waals surface area contributed by atoms with Gasteiger partial charge in [0.05, 0.1) is 27.4 Å². The standard InChI is InChI=1S/C13H19NO4/c1-16-9-5-10(17-2)13(18-3)12-8(15)4-7(6-14)11(9)12/h5,7-8,15H,4,6,14H2,1-3H3. The topological polar surface area (TPSA) is 73.9 Å². The van der Waals surface area contributed by atoms with Crippen molar-refractivity contribution in [1.82, 2.24) is 0 Å². The summed E-state index contributed by atoms with van der Waals surface area (Å²) in [6, 6.07) is 1.78. The van der Waals surface area contributed by atoms with E-state index in [1.165, 1.54) is 0 Å². The Morgan fingerprint density at radius 3 is 2.33 bits per heavy atom. The highest BCUT2D eigenvalue weighted by molar-refractivity contribution is 5.61. The molecule has 0 saturated heterocycles. The summed E-state index contributed by atoms with van der Waals surface area (Å²) in [7, 11) is 4.72. The Kier molecular flexibility index (Phi) is 3.63. The van der Waals surface area contributed by atoms with Crippen molar-refractivity contribution in [2.24, 2.45) is 5.73 Å². The summed E-state index contributed by atoms with van der Waals surface area (Å²) in [5.74, 6) is 1.90. The van der Waals surface area contributed by atoms with Gasteiger partial charge in [-0.05, 0) is 13.0 Å². The Labute approximate surface area is 106 Å². The van der Waals surface area contributed by atoms with Crippen LogP contribution in [0.1, 0.15) is 29.6 Å². The lowest BCUT2D eigenvalue weighted by atomic mass is 9.99. The SMILES string of the molecule is COc1cc(OC)c2c(c1OC)C(O)CC2CN. The number of rotatable bonds is 4. The molecule has 1 aliphatic carbocycles. The van der Waals surface area contributed by atoms with Crippen LogP contribution in [0.4, 0.5) is 0 Å². The minimum absolute atomic E-state index is 0.0877. The van der Waals surface area contributed by atoms with Gasteiger partial charge in [0.2, 0.25) is 0 Å². The van der Waals surface area contributed by atoms with E-state index in [1.54, 1.807) is 27.4 Å². The van der Waals surface area contributed by atoms with E-state index in [0.29, 0.717) is 30.2 Å². The summed E-state index contributed by atoms with van der Waals surface area (Å²) in [6.07, 6.45) is -0.00127. The fourth-order valence-corrected chi connectivity index (χ4v) is 2.65. The van der Waals surface area contributed by atoms with E-state index in [0.717, 1.165) is 11.1 Å². The highest BCUT2D eigenvalue weighted by atomic mass is 16.5. The molecule has 0 heterocycles. The molecule has 0 amide bonds. The van der Waals surface area contributed by atoms with E-state index in [9.17, 15) is 5.11 Å². The Balaban J connectivity index is 2.68. The van der Waals surface area contributed by atoms with Crippen molar-refractivity contribution in [2.45, 2.75) is 18.4 Å². The Morgan fingerprint density at radius 2 is 1.83 bits per heavy atom. The molecule has 1 aliphatic rings. The maximum atomic E-state index is 10.2. The van der Waals surface area contributed by atoms with Crippen LogP contribution in [-0.2, 0) is 0 Å². The van der Waals surface area contributed by atoms with Crippen LogP contribution in [0, 0.1) is 0 Å². The summed E-state index contributed by atoms with van der Waals surface area (Å²) in [4.78, 5) is 0. The zero-order valence-corrected chi connectivity index (χ0v) is 10.9. The molecule has 100 valence electrons. The van der Waals surface area contributed by atoms with Gasteiger partial charge in [-0.2, -0.15) is 0 Å². The van der Waals surface area contributed by atoms with Crippen molar-refractivity contribution < 1.29 is 19.3 Å². The molecule has 1 aromatic carbocycles. The van der Waals surface area contributed by atoms with Gasteiger partial charge >= 0.3 is 0 Å². The van der Waals surface area contributed by atoms with Gasteiger partial charge in [0.25, 0.3) is 0 Å². The van der Waals surface area contributed by atoms with E-state index >= 15 is 0 Å². The molecule has 3 N–H and O–H groups in total. The third kappa shape index (κ3) is 1.79. The molecule has 2 atom stereocenters. The third-order valence-corrected chi connectivity index (χ3v) is 3.46. The fraction of sp³-hybridized carbons (Fsp3) is 0.538. The molecule has 0 saturated carbocycles. The number of fused-ring (bicyclic) bond motifs is 1. The van der Waals surface area contributed by atoms with Gasteiger partial charge in [0, 0.05) is 23.1 Å². The number of benzene rings is 1. The zero-order valence-electron chi connectivity index (χ0n) is 10.9. The van der Waals surface area contributed by atoms with E-state index in [2.05, 4.69) is 0 Å². The highest BCUT2D eigenvalue weighted by Crippen LogP contribution is 2.52. The molecule has 2 unspecified atom stereocenters. The van der Waals surface area contributed by atoms with Crippen molar-refractivity contribution in [2.75, 3.05) is 27.9 Å². The molecule has 1 aromatic rings. The Morgan fingerprint density at radius 1 is 1.17 bits per heavy atom. The maximum absolute atomic E-state index is 10.2. The summed E-state index contributed by atoms with van der Waals surface area (Å²) in [5, 5.41) is 10.2. The predicted molar refractivity (Wildman–Crippen MR) is 67.5 cm³/mol. The number of aliphatic hydroxyl groups excluding tert-OH is 1. The summed E-state index contributed by atoms with van der Waals surface area (Å²) >= 11 is 0. The number of hydrogen-bond donors (Lipinski definition) is 2. The van der Waals surface area contributed by atoms with Gasteiger partial charge < -0.3 is 25.1 Å². The lowest BCUT2D eigenvalue weighted by Gasteiger charge is -2.18. The van der Waals surface area contributed by atoms with Gasteiger partial charge in [0.15, 0.2) is 11.5 Å². The smallest absolute Gasteiger partial charge is 0.167 e. The summed E-state index contributed by atoms with van der Waals surface area (Å²) in [6.45, 7) is 0.468. The first kappa shape index (κ1) is 13.0. The normalized spacial score (nSPS) is 21.6. The van der Waals surface area contributed by atoms with Gasteiger partial charge in [-0.25, -0.2) is 0 Å². The molecule has 5 nitrogen and oxygen atoms in total. The van der Waals surface area contributed by atoms with Crippen molar-refractivity contribution in [1.29, 1.82) is 0 Å². The number of aliphatic hydroxyl groups is 1. The molecule has 18 heavy (non-hydrogen) atoms. The lowest BCUT2D eigenvalue weighted by molar-refractivity contribution is 0.169. The average Bonchev–Trinajstić information content (AvgIpc) is 2.74. The number of hydrogen-bond acceptors (Lipinski definition) is 5. The lowest BCUT2D eigenvalue weighted by Crippen LogP contribution is -2.10. The van der Waals surface area contributed by atoms with Crippen molar-refractivity contribution in [3.8, 4) is 17.2 Å². The van der Waals surface area contributed by atoms with Crippen molar-refractivity contribution >= 4 is 0 Å². The number of methoxy groups -OCH3 is 3. The maximum Gasteiger partial charge on any atom is 0.167 e. The third-order valence-electron chi connectivity index (χ3n) is 3.46. The molecular weight excluding hydrogens is 234 g/mol. The second-order valence-corrected chi connectivity index (χ2v) is 4.33. The van der Waals surface area contributed by atoms with Crippen LogP contribution in [-0.4, -0.2) is 33.0 Å². The van der Waals surface area contributed by atoms with Crippen LogP contribution in [0.5, 0.6) is 17.2 Å². The summed E-state index contributed by atoms with van der Waals surface area (Å²) in [5.41, 5.74) is 7.43. The van der Waals surface area contributed by atoms with Crippen LogP contribution in [0.25, 0.3) is 0 Å². The average molecular weight is 253 g/mol. The van der Waals surface area contributed by atoms with Gasteiger partial charge in [-0.15, -0.1) is 0 Å². The van der Waals surface area contributed by atoms with E-state index < -0.39 is 6.10 Å². The van der Waals surface area contributed by atoms with Crippen LogP contribution in [0.3, 0.4) is 0 Å². The molecule has 0 bridgehead atoms. The minimum Gasteiger partial charge on any atom is -0.496 e. The Bertz CT molecular complexity index is 447. The first-order chi connectivity index (χ1) is 8.67. The molecular formula is C13H19NO4. The molecule has 5 heteroatoms. The first-order valence-electron chi connectivity index (χ1n) is 5.88. The quantitative estimate of drug-likeness (QED) is 0.843. The molecule has 0 spiro atoms. The monoisotopic (exact) mass is 253 g/mol. The number of nitrogens with two attached hydrogens (primary N) is 1. The molecule has 0 aromatic heterocycles. The van der Waals surface area contributed by atoms with Gasteiger partial charge in [-0.3, -0.25) is 0 Å².